The van der Waals surface area contributed by atoms with Crippen molar-refractivity contribution in [3.05, 3.63) is 108 Å². The zero-order valence-electron chi connectivity index (χ0n) is 20.6. The molecule has 5 nitrogen and oxygen atoms in total. The number of nitrogens with zero attached hydrogens (tertiary/aromatic N) is 4. The Morgan fingerprint density at radius 2 is 1.68 bits per heavy atom. The fraction of sp³-hybridized carbons (Fsp3) is 0.233. The third-order valence-corrected chi connectivity index (χ3v) is 9.02. The maximum Gasteiger partial charge on any atom is 0.282 e. The van der Waals surface area contributed by atoms with Crippen LogP contribution in [0.25, 0.3) is 21.8 Å². The molecule has 1 aliphatic rings. The van der Waals surface area contributed by atoms with Gasteiger partial charge in [-0.2, -0.15) is 9.78 Å². The molecule has 0 amide bonds. The number of para-hydroxylation sites is 1. The molecule has 0 saturated heterocycles. The largest absolute Gasteiger partial charge is 0.342 e. The highest BCUT2D eigenvalue weighted by Gasteiger charge is 2.22. The Bertz CT molecular complexity index is 1750. The van der Waals surface area contributed by atoms with Gasteiger partial charge in [-0.05, 0) is 54.8 Å². The van der Waals surface area contributed by atoms with Crippen LogP contribution in [0, 0.1) is 0 Å². The second kappa shape index (κ2) is 10.9. The number of hydrogen-bond donors (Lipinski definition) is 0. The Labute approximate surface area is 246 Å². The van der Waals surface area contributed by atoms with Gasteiger partial charge >= 0.3 is 0 Å². The third-order valence-electron chi connectivity index (χ3n) is 7.29. The molecule has 0 radical (unpaired) electrons. The molecule has 0 spiro atoms. The van der Waals surface area contributed by atoms with Crippen molar-refractivity contribution in [3.8, 4) is 0 Å². The van der Waals surface area contributed by atoms with Crippen LogP contribution >= 0.6 is 47.8 Å². The number of fused-ring (bicyclic) bond motifs is 2. The predicted octanol–water partition coefficient (Wildman–Crippen LogP) is 8.62. The van der Waals surface area contributed by atoms with Gasteiger partial charge < -0.3 is 4.57 Å². The smallest absolute Gasteiger partial charge is 0.282 e. The van der Waals surface area contributed by atoms with E-state index in [1.165, 1.54) is 12.0 Å². The van der Waals surface area contributed by atoms with Gasteiger partial charge in [0.25, 0.3) is 5.56 Å². The lowest BCUT2D eigenvalue weighted by Crippen LogP contribution is -2.25. The molecule has 5 aromatic rings. The Balaban J connectivity index is 1.45. The lowest BCUT2D eigenvalue weighted by molar-refractivity contribution is 0.416. The maximum absolute atomic E-state index is 13.7. The molecule has 192 valence electrons. The van der Waals surface area contributed by atoms with Gasteiger partial charge in [0.2, 0.25) is 0 Å². The van der Waals surface area contributed by atoms with Crippen LogP contribution in [0.1, 0.15) is 55.0 Å². The monoisotopic (exact) mass is 694 g/mol. The lowest BCUT2D eigenvalue weighted by Gasteiger charge is -2.22. The highest BCUT2D eigenvalue weighted by atomic mass is 79.9. The summed E-state index contributed by atoms with van der Waals surface area (Å²) in [5.74, 6) is 1.00. The standard InChI is InChI=1S/C30H25Br3N4O/c31-22-12-13-27-25(14-22)30(38)37(29(35-27)19-6-2-1-3-7-19)34-16-21-18-36(28-9-5-4-8-24(21)28)17-20-10-11-23(32)15-26(20)33/h4-5,8-16,18-19H,1-3,6-7,17H2. The van der Waals surface area contributed by atoms with Crippen molar-refractivity contribution in [2.45, 2.75) is 44.6 Å². The van der Waals surface area contributed by atoms with E-state index in [0.717, 1.165) is 66.9 Å². The molecule has 1 saturated carbocycles. The molecule has 0 atom stereocenters. The molecular weight excluding hydrogens is 672 g/mol. The molecule has 1 aliphatic carbocycles. The average molecular weight is 697 g/mol. The summed E-state index contributed by atoms with van der Waals surface area (Å²) in [6, 6.07) is 20.2. The number of rotatable bonds is 5. The van der Waals surface area contributed by atoms with Crippen LogP contribution in [0.5, 0.6) is 0 Å². The van der Waals surface area contributed by atoms with Gasteiger partial charge in [-0.15, -0.1) is 0 Å². The molecular formula is C30H25Br3N4O. The van der Waals surface area contributed by atoms with Gasteiger partial charge in [0.05, 0.1) is 17.1 Å². The molecule has 38 heavy (non-hydrogen) atoms. The molecule has 0 N–H and O–H groups in total. The summed E-state index contributed by atoms with van der Waals surface area (Å²) in [4.78, 5) is 18.7. The summed E-state index contributed by atoms with van der Waals surface area (Å²) in [6.45, 7) is 0.709. The topological polar surface area (TPSA) is 52.2 Å². The summed E-state index contributed by atoms with van der Waals surface area (Å²) in [7, 11) is 0. The first-order valence-electron chi connectivity index (χ1n) is 12.8. The van der Waals surface area contributed by atoms with Crippen LogP contribution in [0.2, 0.25) is 0 Å². The highest BCUT2D eigenvalue weighted by Crippen LogP contribution is 2.32. The second-order valence-electron chi connectivity index (χ2n) is 9.79. The van der Waals surface area contributed by atoms with Crippen LogP contribution in [-0.2, 0) is 6.54 Å². The van der Waals surface area contributed by atoms with Gasteiger partial charge in [-0.25, -0.2) is 4.98 Å². The zero-order valence-corrected chi connectivity index (χ0v) is 25.3. The van der Waals surface area contributed by atoms with Crippen molar-refractivity contribution in [1.82, 2.24) is 14.2 Å². The molecule has 2 aromatic heterocycles. The zero-order chi connectivity index (χ0) is 26.2. The minimum absolute atomic E-state index is 0.129. The van der Waals surface area contributed by atoms with Crippen molar-refractivity contribution in [3.63, 3.8) is 0 Å². The van der Waals surface area contributed by atoms with E-state index < -0.39 is 0 Å². The maximum atomic E-state index is 13.7. The van der Waals surface area contributed by atoms with Crippen LogP contribution in [-0.4, -0.2) is 20.4 Å². The first kappa shape index (κ1) is 25.7. The van der Waals surface area contributed by atoms with E-state index in [-0.39, 0.29) is 11.5 Å². The number of halogens is 3. The fourth-order valence-corrected chi connectivity index (χ4v) is 6.90. The van der Waals surface area contributed by atoms with E-state index in [1.807, 2.05) is 36.5 Å². The molecule has 6 rings (SSSR count). The molecule has 0 bridgehead atoms. The van der Waals surface area contributed by atoms with Gasteiger partial charge in [0, 0.05) is 48.5 Å². The first-order chi connectivity index (χ1) is 18.5. The quantitative estimate of drug-likeness (QED) is 0.173. The van der Waals surface area contributed by atoms with Gasteiger partial charge in [-0.1, -0.05) is 91.3 Å². The Hall–Kier alpha value is -2.55. The Morgan fingerprint density at radius 3 is 2.50 bits per heavy atom. The minimum atomic E-state index is -0.129. The van der Waals surface area contributed by atoms with Crippen LogP contribution < -0.4 is 5.56 Å². The van der Waals surface area contributed by atoms with Gasteiger partial charge in [0.1, 0.15) is 5.82 Å². The first-order valence-corrected chi connectivity index (χ1v) is 15.1. The molecule has 0 unspecified atom stereocenters. The van der Waals surface area contributed by atoms with E-state index in [1.54, 1.807) is 4.68 Å². The van der Waals surface area contributed by atoms with E-state index in [4.69, 9.17) is 10.1 Å². The second-order valence-corrected chi connectivity index (χ2v) is 12.5. The minimum Gasteiger partial charge on any atom is -0.342 e. The van der Waals surface area contributed by atoms with Crippen molar-refractivity contribution in [2.24, 2.45) is 5.10 Å². The number of aromatic nitrogens is 3. The molecule has 8 heteroatoms. The normalized spacial score (nSPS) is 14.7. The van der Waals surface area contributed by atoms with Crippen LogP contribution in [0.3, 0.4) is 0 Å². The van der Waals surface area contributed by atoms with Crippen molar-refractivity contribution < 1.29 is 0 Å². The molecule has 1 fully saturated rings. The fourth-order valence-electron chi connectivity index (χ4n) is 5.36. The van der Waals surface area contributed by atoms with Gasteiger partial charge in [-0.3, -0.25) is 4.79 Å². The molecule has 2 heterocycles. The third kappa shape index (κ3) is 5.06. The summed E-state index contributed by atoms with van der Waals surface area (Å²) in [5, 5.41) is 6.46. The van der Waals surface area contributed by atoms with Crippen molar-refractivity contribution in [1.29, 1.82) is 0 Å². The van der Waals surface area contributed by atoms with Crippen LogP contribution in [0.4, 0.5) is 0 Å². The van der Waals surface area contributed by atoms with Crippen molar-refractivity contribution in [2.75, 3.05) is 0 Å². The number of benzene rings is 3. The Kier molecular flexibility index (Phi) is 7.38. The predicted molar refractivity (Wildman–Crippen MR) is 165 cm³/mol. The summed E-state index contributed by atoms with van der Waals surface area (Å²) >= 11 is 10.7. The number of hydrogen-bond acceptors (Lipinski definition) is 3. The van der Waals surface area contributed by atoms with E-state index in [2.05, 4.69) is 88.9 Å². The van der Waals surface area contributed by atoms with Gasteiger partial charge in [0.15, 0.2) is 0 Å². The van der Waals surface area contributed by atoms with E-state index in [0.29, 0.717) is 11.9 Å². The summed E-state index contributed by atoms with van der Waals surface area (Å²) in [6.07, 6.45) is 9.53. The highest BCUT2D eigenvalue weighted by molar-refractivity contribution is 9.11. The van der Waals surface area contributed by atoms with E-state index >= 15 is 0 Å². The average Bonchev–Trinajstić information content (AvgIpc) is 3.28. The summed E-state index contributed by atoms with van der Waals surface area (Å²) in [5.41, 5.74) is 3.85. The summed E-state index contributed by atoms with van der Waals surface area (Å²) < 4.78 is 6.71. The SMILES string of the molecule is O=c1c2cc(Br)ccc2nc(C2CCCCC2)n1N=Cc1cn(Cc2ccc(Br)cc2Br)c2ccccc12. The molecule has 0 aliphatic heterocycles. The Morgan fingerprint density at radius 1 is 0.921 bits per heavy atom. The van der Waals surface area contributed by atoms with Crippen molar-refractivity contribution >= 4 is 75.8 Å². The lowest BCUT2D eigenvalue weighted by atomic mass is 9.88. The van der Waals surface area contributed by atoms with E-state index in [9.17, 15) is 4.79 Å². The molecule has 3 aromatic carbocycles. The van der Waals surface area contributed by atoms with Crippen LogP contribution in [0.15, 0.2) is 90.2 Å².